The number of hydrogen-bond donors (Lipinski definition) is 1. The van der Waals surface area contributed by atoms with E-state index in [1.807, 2.05) is 6.07 Å². The van der Waals surface area contributed by atoms with Crippen LogP contribution in [-0.4, -0.2) is 42.0 Å². The fourth-order valence-corrected chi connectivity index (χ4v) is 2.32. The highest BCUT2D eigenvalue weighted by Crippen LogP contribution is 2.11. The lowest BCUT2D eigenvalue weighted by molar-refractivity contribution is 0.185. The van der Waals surface area contributed by atoms with Crippen LogP contribution in [0.15, 0.2) is 23.6 Å². The van der Waals surface area contributed by atoms with Gasteiger partial charge in [0.1, 0.15) is 0 Å². The zero-order chi connectivity index (χ0) is 11.1. The van der Waals surface area contributed by atoms with E-state index in [4.69, 9.17) is 4.74 Å². The van der Waals surface area contributed by atoms with Crippen LogP contribution in [0.2, 0.25) is 0 Å². The minimum Gasteiger partial charge on any atom is -0.381 e. The van der Waals surface area contributed by atoms with Gasteiger partial charge >= 0.3 is 0 Å². The summed E-state index contributed by atoms with van der Waals surface area (Å²) in [5.74, 6) is 1.72. The second-order valence-electron chi connectivity index (χ2n) is 3.81. The van der Waals surface area contributed by atoms with Crippen molar-refractivity contribution in [1.82, 2.24) is 15.3 Å². The van der Waals surface area contributed by atoms with Gasteiger partial charge in [-0.2, -0.15) is 0 Å². The van der Waals surface area contributed by atoms with Crippen LogP contribution in [0.4, 0.5) is 0 Å². The zero-order valence-electron chi connectivity index (χ0n) is 9.26. The molecule has 4 nitrogen and oxygen atoms in total. The van der Waals surface area contributed by atoms with Gasteiger partial charge in [-0.25, -0.2) is 9.97 Å². The van der Waals surface area contributed by atoms with Crippen LogP contribution < -0.4 is 5.32 Å². The van der Waals surface area contributed by atoms with Crippen molar-refractivity contribution in [2.45, 2.75) is 11.6 Å². The number of nitrogens with one attached hydrogen (secondary N) is 1. The predicted molar refractivity (Wildman–Crippen MR) is 64.6 cm³/mol. The molecule has 0 aliphatic carbocycles. The molecule has 1 N–H and O–H groups in total. The van der Waals surface area contributed by atoms with Gasteiger partial charge in [0.05, 0.1) is 6.61 Å². The predicted octanol–water partition coefficient (Wildman–Crippen LogP) is 1.19. The Labute approximate surface area is 100 Å². The Balaban J connectivity index is 1.52. The third-order valence-corrected chi connectivity index (χ3v) is 3.39. The molecule has 1 aliphatic heterocycles. The number of aromatic nitrogens is 2. The van der Waals surface area contributed by atoms with Crippen molar-refractivity contribution >= 4 is 11.8 Å². The highest BCUT2D eigenvalue weighted by atomic mass is 32.2. The molecule has 1 atom stereocenters. The largest absolute Gasteiger partial charge is 0.381 e. The molecule has 1 aromatic rings. The molecule has 1 saturated heterocycles. The lowest BCUT2D eigenvalue weighted by atomic mass is 10.1. The SMILES string of the molecule is c1cnc(SCCNCC2CCOC2)nc1. The average Bonchev–Trinajstić information content (AvgIpc) is 2.83. The van der Waals surface area contributed by atoms with Crippen LogP contribution in [0.5, 0.6) is 0 Å². The number of hydrogen-bond acceptors (Lipinski definition) is 5. The van der Waals surface area contributed by atoms with Gasteiger partial charge in [0.25, 0.3) is 0 Å². The van der Waals surface area contributed by atoms with E-state index in [0.717, 1.165) is 37.2 Å². The summed E-state index contributed by atoms with van der Waals surface area (Å²) in [6.07, 6.45) is 4.75. The van der Waals surface area contributed by atoms with Gasteiger partial charge in [0.2, 0.25) is 0 Å². The van der Waals surface area contributed by atoms with Crippen molar-refractivity contribution in [3.05, 3.63) is 18.5 Å². The minimum atomic E-state index is 0.706. The molecule has 0 aromatic carbocycles. The van der Waals surface area contributed by atoms with Crippen LogP contribution >= 0.6 is 11.8 Å². The van der Waals surface area contributed by atoms with Gasteiger partial charge in [-0.15, -0.1) is 0 Å². The van der Waals surface area contributed by atoms with Gasteiger partial charge in [0.15, 0.2) is 5.16 Å². The summed E-state index contributed by atoms with van der Waals surface area (Å²) in [6, 6.07) is 1.84. The summed E-state index contributed by atoms with van der Waals surface area (Å²) in [5.41, 5.74) is 0. The van der Waals surface area contributed by atoms with Crippen molar-refractivity contribution in [3.63, 3.8) is 0 Å². The summed E-state index contributed by atoms with van der Waals surface area (Å²) in [7, 11) is 0. The van der Waals surface area contributed by atoms with Crippen molar-refractivity contribution in [3.8, 4) is 0 Å². The van der Waals surface area contributed by atoms with Crippen molar-refractivity contribution in [2.24, 2.45) is 5.92 Å². The van der Waals surface area contributed by atoms with Crippen LogP contribution in [0, 0.1) is 5.92 Å². The van der Waals surface area contributed by atoms with Crippen LogP contribution in [0.3, 0.4) is 0 Å². The molecule has 1 aliphatic rings. The molecular formula is C11H17N3OS. The molecule has 0 saturated carbocycles. The topological polar surface area (TPSA) is 47.0 Å². The monoisotopic (exact) mass is 239 g/mol. The smallest absolute Gasteiger partial charge is 0.187 e. The van der Waals surface area contributed by atoms with Crippen LogP contribution in [0.1, 0.15) is 6.42 Å². The van der Waals surface area contributed by atoms with Crippen molar-refractivity contribution in [2.75, 3.05) is 32.1 Å². The molecule has 0 bridgehead atoms. The fourth-order valence-electron chi connectivity index (χ4n) is 1.62. The third kappa shape index (κ3) is 4.08. The van der Waals surface area contributed by atoms with Gasteiger partial charge in [-0.1, -0.05) is 11.8 Å². The lowest BCUT2D eigenvalue weighted by Crippen LogP contribution is -2.25. The standard InChI is InChI=1S/C11H17N3OS/c1-3-13-11(14-4-1)16-7-5-12-8-10-2-6-15-9-10/h1,3-4,10,12H,2,5-9H2. The molecule has 88 valence electrons. The Morgan fingerprint density at radius 3 is 3.06 bits per heavy atom. The molecular weight excluding hydrogens is 222 g/mol. The van der Waals surface area contributed by atoms with Crippen molar-refractivity contribution < 1.29 is 4.74 Å². The Kier molecular flexibility index (Phi) is 5.05. The summed E-state index contributed by atoms with van der Waals surface area (Å²) >= 11 is 1.69. The number of nitrogens with zero attached hydrogens (tertiary/aromatic N) is 2. The highest BCUT2D eigenvalue weighted by Gasteiger charge is 2.14. The molecule has 1 fully saturated rings. The molecule has 0 amide bonds. The van der Waals surface area contributed by atoms with E-state index < -0.39 is 0 Å². The van der Waals surface area contributed by atoms with E-state index in [2.05, 4.69) is 15.3 Å². The summed E-state index contributed by atoms with van der Waals surface area (Å²) in [5, 5.41) is 4.30. The van der Waals surface area contributed by atoms with E-state index in [1.54, 1.807) is 24.2 Å². The first-order chi connectivity index (χ1) is 7.95. The lowest BCUT2D eigenvalue weighted by Gasteiger charge is -2.08. The molecule has 2 heterocycles. The summed E-state index contributed by atoms with van der Waals surface area (Å²) in [6.45, 7) is 3.91. The minimum absolute atomic E-state index is 0.706. The van der Waals surface area contributed by atoms with E-state index in [9.17, 15) is 0 Å². The number of thioether (sulfide) groups is 1. The first kappa shape index (κ1) is 11.8. The van der Waals surface area contributed by atoms with Gasteiger partial charge < -0.3 is 10.1 Å². The van der Waals surface area contributed by atoms with E-state index >= 15 is 0 Å². The maximum absolute atomic E-state index is 5.32. The molecule has 0 spiro atoms. The molecule has 1 unspecified atom stereocenters. The van der Waals surface area contributed by atoms with E-state index in [-0.39, 0.29) is 0 Å². The molecule has 2 rings (SSSR count). The normalized spacial score (nSPS) is 20.1. The summed E-state index contributed by atoms with van der Waals surface area (Å²) < 4.78 is 5.32. The van der Waals surface area contributed by atoms with E-state index in [1.165, 1.54) is 6.42 Å². The maximum Gasteiger partial charge on any atom is 0.187 e. The first-order valence-electron chi connectivity index (χ1n) is 5.63. The Morgan fingerprint density at radius 1 is 1.44 bits per heavy atom. The maximum atomic E-state index is 5.32. The van der Waals surface area contributed by atoms with Gasteiger partial charge in [-0.05, 0) is 18.4 Å². The summed E-state index contributed by atoms with van der Waals surface area (Å²) in [4.78, 5) is 8.32. The van der Waals surface area contributed by atoms with Crippen LogP contribution in [0.25, 0.3) is 0 Å². The van der Waals surface area contributed by atoms with Gasteiger partial charge in [-0.3, -0.25) is 0 Å². The van der Waals surface area contributed by atoms with E-state index in [0.29, 0.717) is 5.92 Å². The molecule has 16 heavy (non-hydrogen) atoms. The Morgan fingerprint density at radius 2 is 2.31 bits per heavy atom. The van der Waals surface area contributed by atoms with Gasteiger partial charge in [0, 0.05) is 37.8 Å². The molecule has 0 radical (unpaired) electrons. The van der Waals surface area contributed by atoms with Crippen LogP contribution in [-0.2, 0) is 4.74 Å². The Bertz CT molecular complexity index is 291. The quantitative estimate of drug-likeness (QED) is 0.459. The molecule has 1 aromatic heterocycles. The Hall–Kier alpha value is -0.650. The van der Waals surface area contributed by atoms with Crippen molar-refractivity contribution in [1.29, 1.82) is 0 Å². The fraction of sp³-hybridized carbons (Fsp3) is 0.636. The zero-order valence-corrected chi connectivity index (χ0v) is 10.1. The first-order valence-corrected chi connectivity index (χ1v) is 6.62. The average molecular weight is 239 g/mol. The number of ether oxygens (including phenoxy) is 1. The molecule has 5 heteroatoms. The highest BCUT2D eigenvalue weighted by molar-refractivity contribution is 7.99. The second-order valence-corrected chi connectivity index (χ2v) is 4.88. The second kappa shape index (κ2) is 6.83. The number of rotatable bonds is 6. The third-order valence-electron chi connectivity index (χ3n) is 2.51.